The molecule has 0 bridgehead atoms. The zero-order valence-corrected chi connectivity index (χ0v) is 15.4. The van der Waals surface area contributed by atoms with Crippen molar-refractivity contribution in [1.82, 2.24) is 5.32 Å². The Hall–Kier alpha value is -3.39. The van der Waals surface area contributed by atoms with Crippen LogP contribution in [0.4, 0.5) is 5.69 Å². The summed E-state index contributed by atoms with van der Waals surface area (Å²) in [6, 6.07) is 11.3. The lowest BCUT2D eigenvalue weighted by molar-refractivity contribution is -0.122. The number of rotatable bonds is 4. The molecule has 0 saturated carbocycles. The summed E-state index contributed by atoms with van der Waals surface area (Å²) >= 11 is 5.15. The van der Waals surface area contributed by atoms with Crippen molar-refractivity contribution in [3.63, 3.8) is 0 Å². The van der Waals surface area contributed by atoms with Crippen LogP contribution in [-0.4, -0.2) is 36.3 Å². The van der Waals surface area contributed by atoms with E-state index in [-0.39, 0.29) is 22.2 Å². The fourth-order valence-corrected chi connectivity index (χ4v) is 2.87. The first kappa shape index (κ1) is 18.4. The fraction of sp³-hybridized carbons (Fsp3) is 0.105. The SMILES string of the molecule is COc1ccc(N2C(=O)C(=Cc3ccc(OC)c(O)c3)C(=O)NC2=S)cc1. The Morgan fingerprint density at radius 3 is 2.37 bits per heavy atom. The Labute approximate surface area is 160 Å². The van der Waals surface area contributed by atoms with Crippen LogP contribution in [0.25, 0.3) is 6.08 Å². The number of ether oxygens (including phenoxy) is 2. The molecule has 0 radical (unpaired) electrons. The second kappa shape index (κ2) is 7.46. The monoisotopic (exact) mass is 384 g/mol. The second-order valence-electron chi connectivity index (χ2n) is 5.59. The van der Waals surface area contributed by atoms with Gasteiger partial charge in [0.15, 0.2) is 16.6 Å². The van der Waals surface area contributed by atoms with Crippen molar-refractivity contribution in [2.45, 2.75) is 0 Å². The van der Waals surface area contributed by atoms with Crippen LogP contribution in [0.1, 0.15) is 5.56 Å². The van der Waals surface area contributed by atoms with Gasteiger partial charge in [0.25, 0.3) is 11.8 Å². The average Bonchev–Trinajstić information content (AvgIpc) is 2.65. The number of carbonyl (C=O) groups is 2. The predicted octanol–water partition coefficient (Wildman–Crippen LogP) is 2.24. The van der Waals surface area contributed by atoms with Crippen LogP contribution in [0.5, 0.6) is 17.2 Å². The number of nitrogens with one attached hydrogen (secondary N) is 1. The van der Waals surface area contributed by atoms with Gasteiger partial charge in [-0.1, -0.05) is 6.07 Å². The number of methoxy groups -OCH3 is 2. The fourth-order valence-electron chi connectivity index (χ4n) is 2.59. The second-order valence-corrected chi connectivity index (χ2v) is 5.97. The van der Waals surface area contributed by atoms with Crippen LogP contribution in [0.15, 0.2) is 48.0 Å². The molecule has 2 aromatic rings. The van der Waals surface area contributed by atoms with E-state index >= 15 is 0 Å². The third kappa shape index (κ3) is 3.61. The molecule has 8 heteroatoms. The topological polar surface area (TPSA) is 88.1 Å². The Bertz CT molecular complexity index is 953. The first-order valence-corrected chi connectivity index (χ1v) is 8.28. The van der Waals surface area contributed by atoms with Crippen molar-refractivity contribution in [2.24, 2.45) is 0 Å². The lowest BCUT2D eigenvalue weighted by Crippen LogP contribution is -2.54. The molecule has 0 aromatic heterocycles. The standard InChI is InChI=1S/C19H16N2O5S/c1-25-13-6-4-12(5-7-13)21-18(24)14(17(23)20-19(21)27)9-11-3-8-16(26-2)15(22)10-11/h3-10,22H,1-2H3,(H,20,23,27). The van der Waals surface area contributed by atoms with Gasteiger partial charge in [0.1, 0.15) is 11.3 Å². The highest BCUT2D eigenvalue weighted by atomic mass is 32.1. The minimum atomic E-state index is -0.606. The van der Waals surface area contributed by atoms with Gasteiger partial charge in [0.05, 0.1) is 19.9 Å². The third-order valence-corrected chi connectivity index (χ3v) is 4.23. The van der Waals surface area contributed by atoms with Gasteiger partial charge in [-0.25, -0.2) is 0 Å². The highest BCUT2D eigenvalue weighted by Crippen LogP contribution is 2.28. The highest BCUT2D eigenvalue weighted by Gasteiger charge is 2.34. The maximum atomic E-state index is 12.9. The maximum Gasteiger partial charge on any atom is 0.270 e. The summed E-state index contributed by atoms with van der Waals surface area (Å²) in [6.45, 7) is 0. The predicted molar refractivity (Wildman–Crippen MR) is 104 cm³/mol. The van der Waals surface area contributed by atoms with Crippen LogP contribution in [-0.2, 0) is 9.59 Å². The Morgan fingerprint density at radius 2 is 1.78 bits per heavy atom. The average molecular weight is 384 g/mol. The van der Waals surface area contributed by atoms with Crippen molar-refractivity contribution >= 4 is 40.9 Å². The van der Waals surface area contributed by atoms with E-state index in [0.717, 1.165) is 0 Å². The largest absolute Gasteiger partial charge is 0.504 e. The molecule has 1 aliphatic rings. The van der Waals surface area contributed by atoms with Crippen LogP contribution in [0.3, 0.4) is 0 Å². The molecule has 1 heterocycles. The van der Waals surface area contributed by atoms with Crippen molar-refractivity contribution < 1.29 is 24.2 Å². The third-order valence-electron chi connectivity index (χ3n) is 3.95. The van der Waals surface area contributed by atoms with Gasteiger partial charge >= 0.3 is 0 Å². The van der Waals surface area contributed by atoms with Gasteiger partial charge in [-0.2, -0.15) is 0 Å². The van der Waals surface area contributed by atoms with E-state index in [0.29, 0.717) is 17.0 Å². The van der Waals surface area contributed by atoms with Gasteiger partial charge < -0.3 is 14.6 Å². The highest BCUT2D eigenvalue weighted by molar-refractivity contribution is 7.80. The molecule has 3 rings (SSSR count). The summed E-state index contributed by atoms with van der Waals surface area (Å²) in [5, 5.41) is 12.4. The van der Waals surface area contributed by atoms with Gasteiger partial charge in [0, 0.05) is 0 Å². The smallest absolute Gasteiger partial charge is 0.270 e. The van der Waals surface area contributed by atoms with E-state index in [9.17, 15) is 14.7 Å². The van der Waals surface area contributed by atoms with E-state index in [1.807, 2.05) is 0 Å². The maximum absolute atomic E-state index is 12.9. The number of phenolic OH excluding ortho intramolecular Hbond substituents is 1. The number of phenols is 1. The van der Waals surface area contributed by atoms with Crippen LogP contribution in [0, 0.1) is 0 Å². The lowest BCUT2D eigenvalue weighted by atomic mass is 10.1. The number of nitrogens with zero attached hydrogens (tertiary/aromatic N) is 1. The summed E-state index contributed by atoms with van der Waals surface area (Å²) in [4.78, 5) is 26.4. The lowest BCUT2D eigenvalue weighted by Gasteiger charge is -2.29. The molecular formula is C19H16N2O5S. The zero-order valence-electron chi connectivity index (χ0n) is 14.6. The number of thiocarbonyl (C=S) groups is 1. The Kier molecular flexibility index (Phi) is 5.09. The number of anilines is 1. The molecule has 7 nitrogen and oxygen atoms in total. The number of hydrogen-bond donors (Lipinski definition) is 2. The molecule has 1 saturated heterocycles. The normalized spacial score (nSPS) is 15.7. The molecule has 0 aliphatic carbocycles. The minimum absolute atomic E-state index is 0.00936. The van der Waals surface area contributed by atoms with E-state index in [4.69, 9.17) is 21.7 Å². The minimum Gasteiger partial charge on any atom is -0.504 e. The quantitative estimate of drug-likeness (QED) is 0.478. The zero-order chi connectivity index (χ0) is 19.6. The van der Waals surface area contributed by atoms with E-state index in [2.05, 4.69) is 5.32 Å². The summed E-state index contributed by atoms with van der Waals surface area (Å²) < 4.78 is 10.1. The van der Waals surface area contributed by atoms with E-state index < -0.39 is 11.8 Å². The van der Waals surface area contributed by atoms with Gasteiger partial charge in [-0.15, -0.1) is 0 Å². The van der Waals surface area contributed by atoms with Crippen molar-refractivity contribution in [3.05, 3.63) is 53.6 Å². The summed E-state index contributed by atoms with van der Waals surface area (Å²) in [7, 11) is 2.97. The number of carbonyl (C=O) groups excluding carboxylic acids is 2. The van der Waals surface area contributed by atoms with Gasteiger partial charge in [-0.3, -0.25) is 19.8 Å². The van der Waals surface area contributed by atoms with Gasteiger partial charge in [-0.05, 0) is 60.3 Å². The number of amides is 2. The molecule has 2 N–H and O–H groups in total. The van der Waals surface area contributed by atoms with Crippen LogP contribution < -0.4 is 19.7 Å². The summed E-state index contributed by atoms with van der Waals surface area (Å²) in [5.74, 6) is -0.354. The molecule has 0 unspecified atom stereocenters. The molecule has 2 aromatic carbocycles. The van der Waals surface area contributed by atoms with Crippen LogP contribution in [0.2, 0.25) is 0 Å². The van der Waals surface area contributed by atoms with E-state index in [1.165, 1.54) is 31.3 Å². The molecule has 1 aliphatic heterocycles. The Morgan fingerprint density at radius 1 is 1.07 bits per heavy atom. The molecular weight excluding hydrogens is 368 g/mol. The molecule has 27 heavy (non-hydrogen) atoms. The number of hydrogen-bond acceptors (Lipinski definition) is 6. The molecule has 0 atom stereocenters. The molecule has 138 valence electrons. The summed E-state index contributed by atoms with van der Waals surface area (Å²) in [6.07, 6.45) is 1.38. The number of benzene rings is 2. The Balaban J connectivity index is 1.97. The first-order valence-electron chi connectivity index (χ1n) is 7.87. The summed E-state index contributed by atoms with van der Waals surface area (Å²) in [5.41, 5.74) is 0.854. The van der Waals surface area contributed by atoms with Gasteiger partial charge in [0.2, 0.25) is 0 Å². The number of aromatic hydroxyl groups is 1. The van der Waals surface area contributed by atoms with Crippen LogP contribution >= 0.6 is 12.2 Å². The van der Waals surface area contributed by atoms with Crippen molar-refractivity contribution in [3.8, 4) is 17.2 Å². The van der Waals surface area contributed by atoms with Crippen molar-refractivity contribution in [2.75, 3.05) is 19.1 Å². The van der Waals surface area contributed by atoms with E-state index in [1.54, 1.807) is 36.4 Å². The molecule has 1 fully saturated rings. The molecule has 2 amide bonds. The first-order chi connectivity index (χ1) is 12.9. The van der Waals surface area contributed by atoms with Crippen molar-refractivity contribution in [1.29, 1.82) is 0 Å². The molecule has 0 spiro atoms.